The van der Waals surface area contributed by atoms with Gasteiger partial charge in [-0.1, -0.05) is 6.07 Å². The van der Waals surface area contributed by atoms with E-state index in [2.05, 4.69) is 4.98 Å². The molecule has 0 saturated heterocycles. The number of hydrogen-bond acceptors (Lipinski definition) is 3. The summed E-state index contributed by atoms with van der Waals surface area (Å²) < 4.78 is 1.92. The van der Waals surface area contributed by atoms with Crippen LogP contribution >= 0.6 is 0 Å². The van der Waals surface area contributed by atoms with Crippen molar-refractivity contribution in [2.45, 2.75) is 25.7 Å². The predicted octanol–water partition coefficient (Wildman–Crippen LogP) is 1.50. The van der Waals surface area contributed by atoms with Gasteiger partial charge in [0.1, 0.15) is 5.65 Å². The topological polar surface area (TPSA) is 57.8 Å². The number of nitrogens with zero attached hydrogens (tertiary/aromatic N) is 3. The van der Waals surface area contributed by atoms with Crippen molar-refractivity contribution in [3.8, 4) is 0 Å². The summed E-state index contributed by atoms with van der Waals surface area (Å²) >= 11 is 0. The molecular formula is C15H21N3O2. The van der Waals surface area contributed by atoms with Gasteiger partial charge >= 0.3 is 0 Å². The summed E-state index contributed by atoms with van der Waals surface area (Å²) in [5.74, 6) is 0.0809. The van der Waals surface area contributed by atoms with Crippen LogP contribution in [0.1, 0.15) is 25.0 Å². The number of aliphatic hydroxyl groups excluding tert-OH is 1. The zero-order valence-electron chi connectivity index (χ0n) is 11.8. The molecule has 0 aromatic carbocycles. The second-order valence-electron chi connectivity index (χ2n) is 4.97. The number of amides is 1. The van der Waals surface area contributed by atoms with E-state index in [0.717, 1.165) is 37.1 Å². The van der Waals surface area contributed by atoms with E-state index < -0.39 is 0 Å². The number of rotatable bonds is 7. The highest BCUT2D eigenvalue weighted by Crippen LogP contribution is 2.07. The monoisotopic (exact) mass is 275 g/mol. The number of pyridine rings is 1. The van der Waals surface area contributed by atoms with Gasteiger partial charge in [0.25, 0.3) is 0 Å². The lowest BCUT2D eigenvalue weighted by Gasteiger charge is -2.16. The number of likely N-dealkylation sites (N-methyl/N-ethyl adjacent to an activating group) is 1. The van der Waals surface area contributed by atoms with Gasteiger partial charge in [0.15, 0.2) is 0 Å². The molecule has 0 atom stereocenters. The predicted molar refractivity (Wildman–Crippen MR) is 77.5 cm³/mol. The van der Waals surface area contributed by atoms with Crippen molar-refractivity contribution >= 4 is 11.6 Å². The van der Waals surface area contributed by atoms with Crippen molar-refractivity contribution in [1.29, 1.82) is 0 Å². The highest BCUT2D eigenvalue weighted by molar-refractivity contribution is 5.78. The molecule has 5 nitrogen and oxygen atoms in total. The van der Waals surface area contributed by atoms with E-state index in [1.54, 1.807) is 4.90 Å². The van der Waals surface area contributed by atoms with Crippen LogP contribution in [0.5, 0.6) is 0 Å². The van der Waals surface area contributed by atoms with Crippen molar-refractivity contribution in [2.75, 3.05) is 20.2 Å². The van der Waals surface area contributed by atoms with Gasteiger partial charge in [-0.05, 0) is 31.4 Å². The molecule has 0 bridgehead atoms. The Bertz CT molecular complexity index is 532. The minimum atomic E-state index is 0.0809. The first kappa shape index (κ1) is 14.5. The van der Waals surface area contributed by atoms with Gasteiger partial charge in [0.2, 0.25) is 5.91 Å². The standard InChI is InChI=1S/C15H21N3O2/c1-17(8-4-2-6-10-19)15(20)11-13-12-18-9-5-3-7-14(18)16-13/h3,5,7,9,12,19H,2,4,6,8,10-11H2,1H3. The van der Waals surface area contributed by atoms with Crippen LogP contribution in [0.3, 0.4) is 0 Å². The van der Waals surface area contributed by atoms with Gasteiger partial charge in [0.05, 0.1) is 12.1 Å². The van der Waals surface area contributed by atoms with Gasteiger partial charge in [-0.15, -0.1) is 0 Å². The summed E-state index contributed by atoms with van der Waals surface area (Å²) in [4.78, 5) is 18.2. The minimum absolute atomic E-state index is 0.0809. The number of unbranched alkanes of at least 4 members (excludes halogenated alkanes) is 2. The SMILES string of the molecule is CN(CCCCCO)C(=O)Cc1cn2ccccc2n1. The van der Waals surface area contributed by atoms with Crippen LogP contribution in [-0.4, -0.2) is 45.5 Å². The van der Waals surface area contributed by atoms with Gasteiger partial charge in [0, 0.05) is 32.6 Å². The molecule has 1 N–H and O–H groups in total. The van der Waals surface area contributed by atoms with E-state index in [1.165, 1.54) is 0 Å². The van der Waals surface area contributed by atoms with Crippen molar-refractivity contribution in [3.63, 3.8) is 0 Å². The van der Waals surface area contributed by atoms with E-state index in [-0.39, 0.29) is 12.5 Å². The van der Waals surface area contributed by atoms with Crippen LogP contribution < -0.4 is 0 Å². The highest BCUT2D eigenvalue weighted by Gasteiger charge is 2.11. The Morgan fingerprint density at radius 2 is 2.20 bits per heavy atom. The fourth-order valence-corrected chi connectivity index (χ4v) is 2.12. The molecule has 0 spiro atoms. The molecule has 2 rings (SSSR count). The van der Waals surface area contributed by atoms with Crippen LogP contribution in [0, 0.1) is 0 Å². The van der Waals surface area contributed by atoms with Crippen molar-refractivity contribution in [3.05, 3.63) is 36.3 Å². The van der Waals surface area contributed by atoms with E-state index in [9.17, 15) is 4.79 Å². The van der Waals surface area contributed by atoms with Crippen molar-refractivity contribution in [1.82, 2.24) is 14.3 Å². The number of imidazole rings is 1. The number of carbonyl (C=O) groups excluding carboxylic acids is 1. The van der Waals surface area contributed by atoms with E-state index >= 15 is 0 Å². The number of fused-ring (bicyclic) bond motifs is 1. The van der Waals surface area contributed by atoms with Crippen LogP contribution in [0.25, 0.3) is 5.65 Å². The van der Waals surface area contributed by atoms with E-state index in [1.807, 2.05) is 42.0 Å². The Kier molecular flexibility index (Phi) is 5.12. The zero-order valence-corrected chi connectivity index (χ0v) is 11.8. The summed E-state index contributed by atoms with van der Waals surface area (Å²) in [6.45, 7) is 0.950. The fraction of sp³-hybridized carbons (Fsp3) is 0.467. The quantitative estimate of drug-likeness (QED) is 0.779. The number of aliphatic hydroxyl groups is 1. The Balaban J connectivity index is 1.87. The normalized spacial score (nSPS) is 10.9. The lowest BCUT2D eigenvalue weighted by molar-refractivity contribution is -0.129. The van der Waals surface area contributed by atoms with Crippen LogP contribution in [0.15, 0.2) is 30.6 Å². The molecule has 0 unspecified atom stereocenters. The molecular weight excluding hydrogens is 254 g/mol. The summed E-state index contributed by atoms with van der Waals surface area (Å²) in [5, 5.41) is 8.71. The molecule has 0 saturated carbocycles. The summed E-state index contributed by atoms with van der Waals surface area (Å²) in [6.07, 6.45) is 6.82. The molecule has 2 aromatic heterocycles. The minimum Gasteiger partial charge on any atom is -0.396 e. The van der Waals surface area contributed by atoms with Gasteiger partial charge in [-0.3, -0.25) is 4.79 Å². The Labute approximate surface area is 118 Å². The smallest absolute Gasteiger partial charge is 0.228 e. The Morgan fingerprint density at radius 1 is 1.35 bits per heavy atom. The molecule has 0 aliphatic heterocycles. The number of aromatic nitrogens is 2. The third kappa shape index (κ3) is 3.81. The van der Waals surface area contributed by atoms with Gasteiger partial charge < -0.3 is 14.4 Å². The lowest BCUT2D eigenvalue weighted by atomic mass is 10.2. The number of hydrogen-bond donors (Lipinski definition) is 1. The average molecular weight is 275 g/mol. The summed E-state index contributed by atoms with van der Waals surface area (Å²) in [6, 6.07) is 5.79. The van der Waals surface area contributed by atoms with Crippen molar-refractivity contribution in [2.24, 2.45) is 0 Å². The molecule has 1 amide bonds. The van der Waals surface area contributed by atoms with Crippen LogP contribution in [-0.2, 0) is 11.2 Å². The third-order valence-corrected chi connectivity index (χ3v) is 3.32. The third-order valence-electron chi connectivity index (χ3n) is 3.32. The maximum absolute atomic E-state index is 12.1. The van der Waals surface area contributed by atoms with Crippen LogP contribution in [0.2, 0.25) is 0 Å². The van der Waals surface area contributed by atoms with Gasteiger partial charge in [-0.2, -0.15) is 0 Å². The first-order valence-electron chi connectivity index (χ1n) is 6.98. The van der Waals surface area contributed by atoms with Crippen molar-refractivity contribution < 1.29 is 9.90 Å². The van der Waals surface area contributed by atoms with Gasteiger partial charge in [-0.25, -0.2) is 4.98 Å². The molecule has 5 heteroatoms. The molecule has 0 aliphatic carbocycles. The largest absolute Gasteiger partial charge is 0.396 e. The zero-order chi connectivity index (χ0) is 14.4. The fourth-order valence-electron chi connectivity index (χ4n) is 2.12. The highest BCUT2D eigenvalue weighted by atomic mass is 16.2. The summed E-state index contributed by atoms with van der Waals surface area (Å²) in [7, 11) is 1.82. The molecule has 0 fully saturated rings. The first-order chi connectivity index (χ1) is 9.70. The molecule has 108 valence electrons. The maximum Gasteiger partial charge on any atom is 0.228 e. The van der Waals surface area contributed by atoms with E-state index in [0.29, 0.717) is 6.42 Å². The maximum atomic E-state index is 12.1. The second kappa shape index (κ2) is 7.05. The van der Waals surface area contributed by atoms with Crippen LogP contribution in [0.4, 0.5) is 0 Å². The molecule has 20 heavy (non-hydrogen) atoms. The van der Waals surface area contributed by atoms with E-state index in [4.69, 9.17) is 5.11 Å². The molecule has 2 aromatic rings. The molecule has 2 heterocycles. The Hall–Kier alpha value is -1.88. The summed E-state index contributed by atoms with van der Waals surface area (Å²) in [5.41, 5.74) is 1.66. The molecule has 0 aliphatic rings. The Morgan fingerprint density at radius 3 is 2.95 bits per heavy atom. The first-order valence-corrected chi connectivity index (χ1v) is 6.98. The number of carbonyl (C=O) groups is 1. The lowest BCUT2D eigenvalue weighted by Crippen LogP contribution is -2.29. The second-order valence-corrected chi connectivity index (χ2v) is 4.97. The molecule has 0 radical (unpaired) electrons. The average Bonchev–Trinajstić information content (AvgIpc) is 2.85.